The quantitative estimate of drug-likeness (QED) is 0.115. The van der Waals surface area contributed by atoms with Gasteiger partial charge in [0, 0.05) is 79.9 Å². The second kappa shape index (κ2) is 19.5. The Hall–Kier alpha value is -5.51. The molecular formula is C48H57Cl2N7O8. The number of methoxy groups -OCH3 is 3. The van der Waals surface area contributed by atoms with E-state index in [0.29, 0.717) is 77.9 Å². The lowest BCUT2D eigenvalue weighted by Gasteiger charge is -2.39. The monoisotopic (exact) mass is 929 g/mol. The number of esters is 1. The summed E-state index contributed by atoms with van der Waals surface area (Å²) in [6.07, 6.45) is 8.48. The first-order valence-electron chi connectivity index (χ1n) is 21.9. The Bertz CT molecular complexity index is 2440. The number of ether oxygens (including phenoxy) is 4. The Labute approximate surface area is 389 Å². The van der Waals surface area contributed by atoms with E-state index in [0.717, 1.165) is 44.2 Å². The minimum Gasteiger partial charge on any atom is -0.496 e. The summed E-state index contributed by atoms with van der Waals surface area (Å²) in [5.41, 5.74) is 2.80. The van der Waals surface area contributed by atoms with Crippen molar-refractivity contribution in [1.82, 2.24) is 30.1 Å². The van der Waals surface area contributed by atoms with Crippen LogP contribution in [0.2, 0.25) is 10.0 Å². The number of aromatic nitrogens is 3. The second-order valence-corrected chi connectivity index (χ2v) is 19.0. The molecule has 3 aliphatic rings. The number of nitrogens with one attached hydrogen (secondary N) is 2. The smallest absolute Gasteiger partial charge is 0.410 e. The Morgan fingerprint density at radius 3 is 2.31 bits per heavy atom. The SMILES string of the molecule is COC(=O)C12CCC(CNCc3cnc(C(=O)Nc4cccc(-c5nccc(-c6ccc(CN(C(=O)OC(C)(C)C)C7CCN(C(C)=O)CC7)c(OC)n6)c5Cl)c4Cl)cc3OC)(CC1)C2. The van der Waals surface area contributed by atoms with Gasteiger partial charge < -0.3 is 39.4 Å². The van der Waals surface area contributed by atoms with Crippen LogP contribution in [0, 0.1) is 10.8 Å². The molecule has 0 atom stereocenters. The first-order valence-corrected chi connectivity index (χ1v) is 22.6. The number of amides is 3. The molecule has 2 saturated carbocycles. The number of benzene rings is 1. The van der Waals surface area contributed by atoms with Crippen LogP contribution in [0.25, 0.3) is 22.5 Å². The topological polar surface area (TPSA) is 174 Å². The minimum absolute atomic E-state index is 0.00840. The van der Waals surface area contributed by atoms with E-state index in [9.17, 15) is 19.2 Å². The van der Waals surface area contributed by atoms with Crippen LogP contribution >= 0.6 is 23.2 Å². The third-order valence-corrected chi connectivity index (χ3v) is 13.7. The normalized spacial score (nSPS) is 19.4. The lowest BCUT2D eigenvalue weighted by molar-refractivity contribution is -0.152. The lowest BCUT2D eigenvalue weighted by Crippen LogP contribution is -2.49. The summed E-state index contributed by atoms with van der Waals surface area (Å²) in [4.78, 5) is 69.1. The van der Waals surface area contributed by atoms with Gasteiger partial charge in [-0.2, -0.15) is 0 Å². The average Bonchev–Trinajstić information content (AvgIpc) is 3.86. The first-order chi connectivity index (χ1) is 31.0. The number of likely N-dealkylation sites (tertiary alicyclic amines) is 1. The molecule has 3 aromatic heterocycles. The number of fused-ring (bicyclic) bond motifs is 2. The number of piperidine rings is 1. The van der Waals surface area contributed by atoms with Crippen LogP contribution in [-0.2, 0) is 32.2 Å². The maximum absolute atomic E-state index is 13.6. The molecule has 1 aliphatic heterocycles. The van der Waals surface area contributed by atoms with Crippen molar-refractivity contribution in [3.8, 4) is 34.1 Å². The summed E-state index contributed by atoms with van der Waals surface area (Å²) in [6, 6.07) is 12.0. The molecule has 7 rings (SSSR count). The predicted molar refractivity (Wildman–Crippen MR) is 247 cm³/mol. The number of halogens is 2. The summed E-state index contributed by atoms with van der Waals surface area (Å²) in [5, 5.41) is 6.91. The van der Waals surface area contributed by atoms with Gasteiger partial charge in [0.05, 0.1) is 60.4 Å². The Balaban J connectivity index is 1.05. The molecule has 4 aromatic rings. The van der Waals surface area contributed by atoms with E-state index in [1.54, 1.807) is 72.6 Å². The van der Waals surface area contributed by atoms with Gasteiger partial charge in [-0.05, 0) is 95.4 Å². The zero-order valence-corrected chi connectivity index (χ0v) is 39.5. The number of rotatable bonds is 14. The highest BCUT2D eigenvalue weighted by atomic mass is 35.5. The predicted octanol–water partition coefficient (Wildman–Crippen LogP) is 8.74. The van der Waals surface area contributed by atoms with Gasteiger partial charge in [-0.25, -0.2) is 9.78 Å². The number of hydrogen-bond donors (Lipinski definition) is 2. The maximum Gasteiger partial charge on any atom is 0.410 e. The number of carbonyl (C=O) groups excluding carboxylic acids is 4. The molecule has 15 nitrogen and oxygen atoms in total. The van der Waals surface area contributed by atoms with Crippen molar-refractivity contribution in [2.45, 2.75) is 97.4 Å². The highest BCUT2D eigenvalue weighted by Crippen LogP contribution is 2.61. The highest BCUT2D eigenvalue weighted by molar-refractivity contribution is 6.39. The van der Waals surface area contributed by atoms with Crippen LogP contribution < -0.4 is 20.1 Å². The molecule has 3 amide bonds. The van der Waals surface area contributed by atoms with Crippen LogP contribution in [-0.4, -0.2) is 101 Å². The summed E-state index contributed by atoms with van der Waals surface area (Å²) < 4.78 is 22.4. The van der Waals surface area contributed by atoms with Crippen molar-refractivity contribution in [1.29, 1.82) is 0 Å². The van der Waals surface area contributed by atoms with E-state index in [4.69, 9.17) is 47.1 Å². The number of anilines is 1. The maximum atomic E-state index is 13.6. The van der Waals surface area contributed by atoms with E-state index in [2.05, 4.69) is 20.6 Å². The van der Waals surface area contributed by atoms with E-state index >= 15 is 0 Å². The number of nitrogens with zero attached hydrogens (tertiary/aromatic N) is 5. The van der Waals surface area contributed by atoms with Crippen LogP contribution in [0.3, 0.4) is 0 Å². The van der Waals surface area contributed by atoms with E-state index in [-0.39, 0.29) is 51.0 Å². The van der Waals surface area contributed by atoms with Gasteiger partial charge in [0.25, 0.3) is 5.91 Å². The van der Waals surface area contributed by atoms with Crippen molar-refractivity contribution in [3.63, 3.8) is 0 Å². The molecule has 2 aliphatic carbocycles. The molecule has 3 fully saturated rings. The molecule has 1 aromatic carbocycles. The molecule has 17 heteroatoms. The molecule has 346 valence electrons. The molecule has 0 spiro atoms. The first kappa shape index (κ1) is 47.5. The van der Waals surface area contributed by atoms with Gasteiger partial charge >= 0.3 is 12.1 Å². The van der Waals surface area contributed by atoms with Gasteiger partial charge in [-0.15, -0.1) is 0 Å². The van der Waals surface area contributed by atoms with Crippen LogP contribution in [0.1, 0.15) is 94.3 Å². The molecular weight excluding hydrogens is 873 g/mol. The van der Waals surface area contributed by atoms with Crippen molar-refractivity contribution in [2.75, 3.05) is 46.3 Å². The van der Waals surface area contributed by atoms with Crippen molar-refractivity contribution < 1.29 is 38.1 Å². The number of carbonyl (C=O) groups is 4. The Morgan fingerprint density at radius 2 is 1.65 bits per heavy atom. The Kier molecular flexibility index (Phi) is 14.3. The zero-order chi connectivity index (χ0) is 46.7. The van der Waals surface area contributed by atoms with E-state index < -0.39 is 17.6 Å². The molecule has 65 heavy (non-hydrogen) atoms. The molecule has 0 radical (unpaired) electrons. The van der Waals surface area contributed by atoms with Gasteiger partial charge in [0.1, 0.15) is 17.0 Å². The van der Waals surface area contributed by atoms with Gasteiger partial charge in [0.2, 0.25) is 11.8 Å². The molecule has 2 N–H and O–H groups in total. The fourth-order valence-electron chi connectivity index (χ4n) is 9.52. The second-order valence-electron chi connectivity index (χ2n) is 18.3. The van der Waals surface area contributed by atoms with Crippen molar-refractivity contribution in [3.05, 3.63) is 81.7 Å². The van der Waals surface area contributed by atoms with E-state index in [1.165, 1.54) is 14.2 Å². The molecule has 0 unspecified atom stereocenters. The van der Waals surface area contributed by atoms with E-state index in [1.807, 2.05) is 26.8 Å². The van der Waals surface area contributed by atoms with Crippen LogP contribution in [0.4, 0.5) is 10.5 Å². The lowest BCUT2D eigenvalue weighted by atomic mass is 9.82. The summed E-state index contributed by atoms with van der Waals surface area (Å²) in [5.74, 6) is 0.228. The largest absolute Gasteiger partial charge is 0.496 e. The molecule has 2 bridgehead atoms. The van der Waals surface area contributed by atoms with Crippen LogP contribution in [0.5, 0.6) is 11.6 Å². The number of hydrogen-bond acceptors (Lipinski definition) is 12. The standard InChI is InChI=1S/C48H57Cl2N7O8/c1-29(58)56-21-14-32(15-22-56)57(45(61)65-46(2,3)4)26-30-11-12-35(55-43(30)63-6)33-13-20-52-41(40(33)50)34-9-8-10-36(39(34)49)54-42(59)37-23-38(62-5)31(25-53-37)24-51-28-47-16-18-48(27-47,19-17-47)44(60)64-7/h8-13,20,23,25,32,51H,14-19,21-22,24,26-28H2,1-7H3,(H,54,59). The third kappa shape index (κ3) is 10.3. The third-order valence-electron chi connectivity index (χ3n) is 12.9. The summed E-state index contributed by atoms with van der Waals surface area (Å²) in [6.45, 7) is 9.51. The van der Waals surface area contributed by atoms with Gasteiger partial charge in [-0.3, -0.25) is 24.4 Å². The van der Waals surface area contributed by atoms with Gasteiger partial charge in [0.15, 0.2) is 0 Å². The summed E-state index contributed by atoms with van der Waals surface area (Å²) in [7, 11) is 4.53. The molecule has 4 heterocycles. The van der Waals surface area contributed by atoms with Crippen molar-refractivity contribution >= 4 is 52.8 Å². The zero-order valence-electron chi connectivity index (χ0n) is 38.0. The fourth-order valence-corrected chi connectivity index (χ4v) is 10.1. The average molecular weight is 931 g/mol. The molecule has 1 saturated heterocycles. The van der Waals surface area contributed by atoms with Crippen molar-refractivity contribution in [2.24, 2.45) is 10.8 Å². The minimum atomic E-state index is -0.711. The van der Waals surface area contributed by atoms with Crippen LogP contribution in [0.15, 0.2) is 54.9 Å². The Morgan fingerprint density at radius 1 is 0.908 bits per heavy atom. The highest BCUT2D eigenvalue weighted by Gasteiger charge is 2.58. The summed E-state index contributed by atoms with van der Waals surface area (Å²) >= 11 is 14.1. The fraction of sp³-hybridized carbons (Fsp3) is 0.479. The van der Waals surface area contributed by atoms with Gasteiger partial charge in [-0.1, -0.05) is 35.3 Å². The number of pyridine rings is 3.